The predicted molar refractivity (Wildman–Crippen MR) is 102 cm³/mol. The summed E-state index contributed by atoms with van der Waals surface area (Å²) in [4.78, 5) is 30.7. The molecule has 0 saturated heterocycles. The van der Waals surface area contributed by atoms with Gasteiger partial charge in [-0.05, 0) is 48.5 Å². The normalized spacial score (nSPS) is 11.4. The van der Waals surface area contributed by atoms with Crippen molar-refractivity contribution in [2.24, 2.45) is 0 Å². The third kappa shape index (κ3) is 2.20. The van der Waals surface area contributed by atoms with Crippen LogP contribution in [0.4, 0.5) is 4.39 Å². The smallest absolute Gasteiger partial charge is 0.281 e. The van der Waals surface area contributed by atoms with Gasteiger partial charge >= 0.3 is 0 Å². The van der Waals surface area contributed by atoms with E-state index >= 15 is 0 Å². The summed E-state index contributed by atoms with van der Waals surface area (Å²) in [7, 11) is 0. The molecule has 2 aromatic heterocycles. The number of halogens is 1. The van der Waals surface area contributed by atoms with Crippen molar-refractivity contribution in [1.82, 2.24) is 14.2 Å². The largest absolute Gasteiger partial charge is 0.285 e. The van der Waals surface area contributed by atoms with Crippen LogP contribution in [0.2, 0.25) is 0 Å². The molecule has 0 aliphatic rings. The maximum atomic E-state index is 13.4. The minimum Gasteiger partial charge on any atom is -0.285 e. The second-order valence-corrected chi connectivity index (χ2v) is 6.20. The first kappa shape index (κ1) is 15.5. The van der Waals surface area contributed by atoms with E-state index in [1.54, 1.807) is 65.3 Å². The lowest BCUT2D eigenvalue weighted by molar-refractivity contribution is 0.626. The van der Waals surface area contributed by atoms with E-state index in [9.17, 15) is 14.0 Å². The van der Waals surface area contributed by atoms with Crippen LogP contribution in [0.25, 0.3) is 33.1 Å². The van der Waals surface area contributed by atoms with Crippen molar-refractivity contribution in [3.05, 3.63) is 99.2 Å². The molecule has 0 saturated carbocycles. The maximum Gasteiger partial charge on any atom is 0.281 e. The molecule has 0 atom stereocenters. The highest BCUT2D eigenvalue weighted by atomic mass is 19.1. The zero-order chi connectivity index (χ0) is 18.5. The Morgan fingerprint density at radius 1 is 0.778 bits per heavy atom. The lowest BCUT2D eigenvalue weighted by Gasteiger charge is -2.16. The molecule has 0 aliphatic heterocycles. The van der Waals surface area contributed by atoms with Crippen molar-refractivity contribution in [1.29, 1.82) is 0 Å². The number of benzene rings is 3. The molecule has 0 N–H and O–H groups in total. The number of hydrogen-bond donors (Lipinski definition) is 0. The fraction of sp³-hybridized carbons (Fsp3) is 0. The summed E-state index contributed by atoms with van der Waals surface area (Å²) in [6.07, 6.45) is 0. The zero-order valence-corrected chi connectivity index (χ0v) is 14.0. The Morgan fingerprint density at radius 2 is 1.44 bits per heavy atom. The van der Waals surface area contributed by atoms with E-state index in [0.29, 0.717) is 27.5 Å². The van der Waals surface area contributed by atoms with E-state index < -0.39 is 0 Å². The van der Waals surface area contributed by atoms with Crippen LogP contribution in [0.15, 0.2) is 82.4 Å². The van der Waals surface area contributed by atoms with Crippen LogP contribution in [0, 0.1) is 5.82 Å². The van der Waals surface area contributed by atoms with Crippen molar-refractivity contribution in [3.8, 4) is 5.69 Å². The summed E-state index contributed by atoms with van der Waals surface area (Å²) in [5, 5.41) is 0.838. The van der Waals surface area contributed by atoms with E-state index in [-0.39, 0.29) is 22.5 Å². The Kier molecular flexibility index (Phi) is 3.21. The van der Waals surface area contributed by atoms with Gasteiger partial charge in [0.05, 0.1) is 27.5 Å². The molecule has 0 aliphatic carbocycles. The molecular formula is C21H12FN3O2. The molecule has 5 aromatic rings. The average Bonchev–Trinajstić information content (AvgIpc) is 2.70. The molecule has 3 aromatic carbocycles. The molecule has 0 radical (unpaired) electrons. The lowest BCUT2D eigenvalue weighted by atomic mass is 10.2. The third-order valence-corrected chi connectivity index (χ3v) is 4.60. The monoisotopic (exact) mass is 357 g/mol. The van der Waals surface area contributed by atoms with Crippen LogP contribution < -0.4 is 11.0 Å². The number of aromatic nitrogens is 3. The van der Waals surface area contributed by atoms with Gasteiger partial charge in [0.2, 0.25) is 11.1 Å². The minimum absolute atomic E-state index is 0.0294. The third-order valence-electron chi connectivity index (χ3n) is 4.60. The second-order valence-electron chi connectivity index (χ2n) is 6.20. The highest BCUT2D eigenvalue weighted by Crippen LogP contribution is 2.18. The molecule has 2 heterocycles. The molecule has 0 amide bonds. The standard InChI is InChI=1S/C21H12FN3O2/c22-13-9-11-14(12-10-13)24-18-8-4-2-6-16(18)19(26)20-23-17-7-3-1-5-15(17)21(27)25(20)24/h1-12H. The Balaban J connectivity index is 2.12. The second kappa shape index (κ2) is 5.60. The van der Waals surface area contributed by atoms with Crippen molar-refractivity contribution < 1.29 is 4.39 Å². The Labute approximate surface area is 151 Å². The molecule has 0 unspecified atom stereocenters. The van der Waals surface area contributed by atoms with Gasteiger partial charge in [0, 0.05) is 0 Å². The fourth-order valence-corrected chi connectivity index (χ4v) is 3.37. The summed E-state index contributed by atoms with van der Waals surface area (Å²) < 4.78 is 16.3. The van der Waals surface area contributed by atoms with E-state index in [1.807, 2.05) is 0 Å². The number of rotatable bonds is 1. The van der Waals surface area contributed by atoms with Crippen LogP contribution in [0.5, 0.6) is 0 Å². The quantitative estimate of drug-likeness (QED) is 0.433. The summed E-state index contributed by atoms with van der Waals surface area (Å²) in [6, 6.07) is 19.6. The first-order chi connectivity index (χ1) is 13.1. The van der Waals surface area contributed by atoms with Crippen LogP contribution in [0.1, 0.15) is 0 Å². The maximum absolute atomic E-state index is 13.4. The van der Waals surface area contributed by atoms with Gasteiger partial charge in [-0.15, -0.1) is 0 Å². The SMILES string of the molecule is O=c1c2ccccc2n(-c2ccc(F)cc2)n2c(=O)c3ccccc3nc12. The van der Waals surface area contributed by atoms with Gasteiger partial charge in [-0.25, -0.2) is 14.1 Å². The summed E-state index contributed by atoms with van der Waals surface area (Å²) in [6.45, 7) is 0. The number of fused-ring (bicyclic) bond motifs is 3. The van der Waals surface area contributed by atoms with E-state index in [1.165, 1.54) is 16.6 Å². The predicted octanol–water partition coefficient (Wildman–Crippen LogP) is 3.29. The van der Waals surface area contributed by atoms with Crippen LogP contribution in [0.3, 0.4) is 0 Å². The summed E-state index contributed by atoms with van der Waals surface area (Å²) in [5.74, 6) is -0.385. The van der Waals surface area contributed by atoms with Gasteiger partial charge in [-0.1, -0.05) is 24.3 Å². The molecule has 27 heavy (non-hydrogen) atoms. The van der Waals surface area contributed by atoms with Gasteiger partial charge in [-0.3, -0.25) is 9.59 Å². The molecule has 0 fully saturated rings. The van der Waals surface area contributed by atoms with E-state index in [2.05, 4.69) is 4.98 Å². The lowest BCUT2D eigenvalue weighted by Crippen LogP contribution is -2.29. The molecule has 0 bridgehead atoms. The van der Waals surface area contributed by atoms with Crippen molar-refractivity contribution >= 4 is 27.5 Å². The van der Waals surface area contributed by atoms with Crippen molar-refractivity contribution in [2.45, 2.75) is 0 Å². The number of para-hydroxylation sites is 2. The number of hydrogen-bond acceptors (Lipinski definition) is 3. The Hall–Kier alpha value is -3.80. The molecule has 0 spiro atoms. The molecule has 5 nitrogen and oxygen atoms in total. The van der Waals surface area contributed by atoms with Crippen LogP contribution in [-0.2, 0) is 0 Å². The van der Waals surface area contributed by atoms with Gasteiger partial charge in [0.15, 0.2) is 0 Å². The Bertz CT molecular complexity index is 1470. The fourth-order valence-electron chi connectivity index (χ4n) is 3.37. The summed E-state index contributed by atoms with van der Waals surface area (Å²) in [5.41, 5.74) is 0.898. The van der Waals surface area contributed by atoms with Crippen molar-refractivity contribution in [2.75, 3.05) is 0 Å². The van der Waals surface area contributed by atoms with Gasteiger partial charge < -0.3 is 0 Å². The molecule has 5 rings (SSSR count). The van der Waals surface area contributed by atoms with Crippen molar-refractivity contribution in [3.63, 3.8) is 0 Å². The Morgan fingerprint density at radius 3 is 2.22 bits per heavy atom. The van der Waals surface area contributed by atoms with Crippen LogP contribution >= 0.6 is 0 Å². The van der Waals surface area contributed by atoms with Gasteiger partial charge in [-0.2, -0.15) is 4.52 Å². The molecular weight excluding hydrogens is 345 g/mol. The summed E-state index contributed by atoms with van der Waals surface area (Å²) >= 11 is 0. The zero-order valence-electron chi connectivity index (χ0n) is 14.0. The molecule has 130 valence electrons. The molecule has 6 heteroatoms. The highest BCUT2D eigenvalue weighted by Gasteiger charge is 2.16. The number of nitrogens with zero attached hydrogens (tertiary/aromatic N) is 3. The first-order valence-electron chi connectivity index (χ1n) is 8.36. The highest BCUT2D eigenvalue weighted by molar-refractivity contribution is 5.85. The van der Waals surface area contributed by atoms with Gasteiger partial charge in [0.1, 0.15) is 5.82 Å². The average molecular weight is 357 g/mol. The topological polar surface area (TPSA) is 56.4 Å². The first-order valence-corrected chi connectivity index (χ1v) is 8.36. The van der Waals surface area contributed by atoms with Crippen LogP contribution in [-0.4, -0.2) is 14.2 Å². The van der Waals surface area contributed by atoms with Gasteiger partial charge in [0.25, 0.3) is 5.56 Å². The van der Waals surface area contributed by atoms with E-state index in [4.69, 9.17) is 0 Å². The minimum atomic E-state index is -0.385. The van der Waals surface area contributed by atoms with E-state index in [0.717, 1.165) is 0 Å².